The molecule has 0 unspecified atom stereocenters. The molecule has 9 nitrogen and oxygen atoms in total. The second-order valence-electron chi connectivity index (χ2n) is 11.6. The van der Waals surface area contributed by atoms with Crippen LogP contribution in [-0.4, -0.2) is 47.2 Å². The van der Waals surface area contributed by atoms with E-state index < -0.39 is 5.82 Å². The van der Waals surface area contributed by atoms with E-state index in [-0.39, 0.29) is 22.9 Å². The van der Waals surface area contributed by atoms with Gasteiger partial charge in [0.05, 0.1) is 47.4 Å². The number of fused-ring (bicyclic) bond motifs is 2. The highest BCUT2D eigenvalue weighted by atomic mass is 19.1. The van der Waals surface area contributed by atoms with Crippen molar-refractivity contribution < 1.29 is 13.9 Å². The van der Waals surface area contributed by atoms with E-state index >= 15 is 4.39 Å². The topological polar surface area (TPSA) is 112 Å². The highest BCUT2D eigenvalue weighted by Gasteiger charge is 2.37. The van der Waals surface area contributed by atoms with Gasteiger partial charge >= 0.3 is 0 Å². The normalized spacial score (nSPS) is 20.5. The van der Waals surface area contributed by atoms with Crippen LogP contribution in [0.4, 0.5) is 27.3 Å². The Labute approximate surface area is 242 Å². The largest absolute Gasteiger partial charge is 0.381 e. The van der Waals surface area contributed by atoms with Gasteiger partial charge in [-0.1, -0.05) is 19.3 Å². The van der Waals surface area contributed by atoms with E-state index in [0.29, 0.717) is 45.6 Å². The van der Waals surface area contributed by atoms with E-state index in [1.165, 1.54) is 12.3 Å². The maximum absolute atomic E-state index is 15.4. The first-order valence-electron chi connectivity index (χ1n) is 14.7. The summed E-state index contributed by atoms with van der Waals surface area (Å²) in [5.41, 5.74) is 2.68. The smallest absolute Gasteiger partial charge is 0.259 e. The zero-order valence-electron chi connectivity index (χ0n) is 23.2. The van der Waals surface area contributed by atoms with Crippen LogP contribution in [0.1, 0.15) is 32.1 Å². The van der Waals surface area contributed by atoms with E-state index in [4.69, 9.17) is 4.74 Å². The van der Waals surface area contributed by atoms with Gasteiger partial charge in [0.15, 0.2) is 0 Å². The third-order valence-electron chi connectivity index (χ3n) is 8.83. The van der Waals surface area contributed by atoms with Crippen molar-refractivity contribution in [3.05, 3.63) is 71.0 Å². The summed E-state index contributed by atoms with van der Waals surface area (Å²) in [6.07, 6.45) is 8.35. The van der Waals surface area contributed by atoms with Gasteiger partial charge in [-0.15, -0.1) is 0 Å². The van der Waals surface area contributed by atoms with Crippen LogP contribution in [0.25, 0.3) is 22.2 Å². The molecule has 3 N–H and O–H groups in total. The second-order valence-corrected chi connectivity index (χ2v) is 11.6. The van der Waals surface area contributed by atoms with Crippen molar-refractivity contribution in [2.24, 2.45) is 17.8 Å². The fraction of sp³-hybridized carbons (Fsp3) is 0.375. The zero-order valence-corrected chi connectivity index (χ0v) is 23.2. The van der Waals surface area contributed by atoms with Crippen molar-refractivity contribution in [1.29, 1.82) is 0 Å². The standard InChI is InChI=1S/C32H33FN6O3/c33-25-12-22(36-31(40)19-4-2-1-3-5-19)6-8-24(25)27-13-28(30-26(37-27)10-11-34-32(30)41)38-29-9-7-23(14-35-29)39-15-20-17-42-18-21(20)16-39/h6-14,19-21H,1-5,15-18H2,(H,34,41)(H,36,40)(H,35,37,38)/t20-,21+. The number of aromatic nitrogens is 3. The molecule has 3 aliphatic rings. The lowest BCUT2D eigenvalue weighted by molar-refractivity contribution is -0.120. The summed E-state index contributed by atoms with van der Waals surface area (Å²) in [6, 6.07) is 11.9. The second kappa shape index (κ2) is 11.2. The quantitative estimate of drug-likeness (QED) is 0.283. The van der Waals surface area contributed by atoms with Crippen molar-refractivity contribution in [2.75, 3.05) is 41.8 Å². The lowest BCUT2D eigenvalue weighted by Crippen LogP contribution is -2.24. The molecule has 1 saturated carbocycles. The summed E-state index contributed by atoms with van der Waals surface area (Å²) in [5.74, 6) is 1.10. The SMILES string of the molecule is O=C(Nc1ccc(-c2cc(Nc3ccc(N4C[C@H]5COC[C@H]5C4)cn3)c3c(=O)[nH]ccc3n2)c(F)c1)C1CCCCC1. The molecule has 0 spiro atoms. The number of nitrogens with one attached hydrogen (secondary N) is 3. The Kier molecular flexibility index (Phi) is 7.07. The van der Waals surface area contributed by atoms with Crippen LogP contribution in [-0.2, 0) is 9.53 Å². The Balaban J connectivity index is 1.15. The fourth-order valence-electron chi connectivity index (χ4n) is 6.52. The van der Waals surface area contributed by atoms with Crippen LogP contribution in [0.5, 0.6) is 0 Å². The molecule has 7 rings (SSSR count). The van der Waals surface area contributed by atoms with Gasteiger partial charge in [0.2, 0.25) is 5.91 Å². The molecular formula is C32H33FN6O3. The zero-order chi connectivity index (χ0) is 28.6. The molecule has 2 atom stereocenters. The first kappa shape index (κ1) is 26.6. The third kappa shape index (κ3) is 5.22. The van der Waals surface area contributed by atoms with Gasteiger partial charge in [0.1, 0.15) is 11.6 Å². The van der Waals surface area contributed by atoms with Gasteiger partial charge in [0, 0.05) is 48.3 Å². The van der Waals surface area contributed by atoms with Gasteiger partial charge in [-0.3, -0.25) is 9.59 Å². The number of nitrogens with zero attached hydrogens (tertiary/aromatic N) is 3. The minimum absolute atomic E-state index is 0.0253. The molecule has 3 fully saturated rings. The molecule has 2 saturated heterocycles. The summed E-state index contributed by atoms with van der Waals surface area (Å²) in [5, 5.41) is 6.49. The van der Waals surface area contributed by atoms with Crippen molar-refractivity contribution in [2.45, 2.75) is 32.1 Å². The maximum atomic E-state index is 15.4. The monoisotopic (exact) mass is 568 g/mol. The Bertz CT molecular complexity index is 1670. The van der Waals surface area contributed by atoms with Crippen LogP contribution >= 0.6 is 0 Å². The molecular weight excluding hydrogens is 535 g/mol. The Morgan fingerprint density at radius 1 is 1.02 bits per heavy atom. The van der Waals surface area contributed by atoms with Crippen LogP contribution in [0.2, 0.25) is 0 Å². The molecule has 216 valence electrons. The lowest BCUT2D eigenvalue weighted by Gasteiger charge is -2.21. The molecule has 1 aliphatic carbocycles. The molecule has 10 heteroatoms. The summed E-state index contributed by atoms with van der Waals surface area (Å²) in [7, 11) is 0. The molecule has 5 heterocycles. The van der Waals surface area contributed by atoms with Crippen molar-refractivity contribution >= 4 is 39.7 Å². The first-order chi connectivity index (χ1) is 20.5. The number of aromatic amines is 1. The molecule has 0 radical (unpaired) electrons. The van der Waals surface area contributed by atoms with Gasteiger partial charge in [0.25, 0.3) is 5.56 Å². The number of H-pyrrole nitrogens is 1. The predicted octanol–water partition coefficient (Wildman–Crippen LogP) is 5.47. The van der Waals surface area contributed by atoms with Gasteiger partial charge in [-0.05, 0) is 55.3 Å². The molecule has 42 heavy (non-hydrogen) atoms. The van der Waals surface area contributed by atoms with Crippen LogP contribution in [0, 0.1) is 23.6 Å². The number of halogens is 1. The Hall–Kier alpha value is -4.31. The minimum atomic E-state index is -0.512. The Morgan fingerprint density at radius 2 is 1.83 bits per heavy atom. The number of carbonyl (C=O) groups is 1. The van der Waals surface area contributed by atoms with Gasteiger partial charge in [-0.2, -0.15) is 0 Å². The lowest BCUT2D eigenvalue weighted by atomic mass is 9.88. The first-order valence-corrected chi connectivity index (χ1v) is 14.7. The molecule has 3 aromatic heterocycles. The number of carbonyl (C=O) groups excluding carboxylic acids is 1. The summed E-state index contributed by atoms with van der Waals surface area (Å²) in [6.45, 7) is 3.56. The third-order valence-corrected chi connectivity index (χ3v) is 8.83. The Morgan fingerprint density at radius 3 is 2.57 bits per heavy atom. The number of amides is 1. The minimum Gasteiger partial charge on any atom is -0.381 e. The molecule has 1 amide bonds. The highest BCUT2D eigenvalue weighted by Crippen LogP contribution is 2.34. The summed E-state index contributed by atoms with van der Waals surface area (Å²) < 4.78 is 21.0. The van der Waals surface area contributed by atoms with E-state index in [0.717, 1.165) is 64.1 Å². The fourth-order valence-corrected chi connectivity index (χ4v) is 6.52. The van der Waals surface area contributed by atoms with Crippen LogP contribution in [0.15, 0.2) is 59.7 Å². The number of anilines is 4. The van der Waals surface area contributed by atoms with E-state index in [2.05, 4.69) is 30.5 Å². The highest BCUT2D eigenvalue weighted by molar-refractivity contribution is 5.95. The van der Waals surface area contributed by atoms with Crippen LogP contribution in [0.3, 0.4) is 0 Å². The summed E-state index contributed by atoms with van der Waals surface area (Å²) in [4.78, 5) is 39.7. The number of rotatable bonds is 6. The van der Waals surface area contributed by atoms with Crippen molar-refractivity contribution in [1.82, 2.24) is 15.0 Å². The predicted molar refractivity (Wildman–Crippen MR) is 160 cm³/mol. The molecule has 0 bridgehead atoms. The van der Waals surface area contributed by atoms with E-state index in [1.54, 1.807) is 24.3 Å². The number of pyridine rings is 3. The molecule has 2 aliphatic heterocycles. The average Bonchev–Trinajstić information content (AvgIpc) is 3.61. The maximum Gasteiger partial charge on any atom is 0.259 e. The molecule has 1 aromatic carbocycles. The number of benzene rings is 1. The number of hydrogen-bond donors (Lipinski definition) is 3. The van der Waals surface area contributed by atoms with Gasteiger partial charge < -0.3 is 25.3 Å². The van der Waals surface area contributed by atoms with Gasteiger partial charge in [-0.25, -0.2) is 14.4 Å². The number of ether oxygens (including phenoxy) is 1. The van der Waals surface area contributed by atoms with Crippen LogP contribution < -0.4 is 21.1 Å². The van der Waals surface area contributed by atoms with E-state index in [1.807, 2.05) is 18.3 Å². The van der Waals surface area contributed by atoms with E-state index in [9.17, 15) is 9.59 Å². The number of hydrogen-bond acceptors (Lipinski definition) is 7. The molecule has 4 aromatic rings. The van der Waals surface area contributed by atoms with Crippen molar-refractivity contribution in [3.8, 4) is 11.3 Å². The summed E-state index contributed by atoms with van der Waals surface area (Å²) >= 11 is 0. The van der Waals surface area contributed by atoms with Crippen molar-refractivity contribution in [3.63, 3.8) is 0 Å². The average molecular weight is 569 g/mol.